The van der Waals surface area contributed by atoms with Gasteiger partial charge in [0.1, 0.15) is 10.6 Å². The summed E-state index contributed by atoms with van der Waals surface area (Å²) in [5.41, 5.74) is 0.566. The number of carbonyl (C=O) groups is 1. The molecule has 0 aliphatic carbocycles. The number of thiazole rings is 1. The van der Waals surface area contributed by atoms with Crippen molar-refractivity contribution in [2.24, 2.45) is 0 Å². The van der Waals surface area contributed by atoms with Crippen molar-refractivity contribution in [1.82, 2.24) is 9.88 Å². The summed E-state index contributed by atoms with van der Waals surface area (Å²) in [7, 11) is 0. The first kappa shape index (κ1) is 18.3. The first-order valence-corrected chi connectivity index (χ1v) is 10.3. The van der Waals surface area contributed by atoms with Crippen LogP contribution in [0.15, 0.2) is 30.3 Å². The molecule has 1 aliphatic rings. The van der Waals surface area contributed by atoms with Crippen molar-refractivity contribution in [2.45, 2.75) is 0 Å². The van der Waals surface area contributed by atoms with E-state index in [1.165, 1.54) is 35.6 Å². The van der Waals surface area contributed by atoms with Gasteiger partial charge in [0.2, 0.25) is 0 Å². The largest absolute Gasteiger partial charge is 0.379 e. The highest BCUT2D eigenvalue weighted by Crippen LogP contribution is 2.33. The molecule has 2 aromatic heterocycles. The van der Waals surface area contributed by atoms with Crippen LogP contribution in [0.4, 0.5) is 15.2 Å². The summed E-state index contributed by atoms with van der Waals surface area (Å²) in [4.78, 5) is 20.7. The van der Waals surface area contributed by atoms with Crippen LogP contribution in [0.5, 0.6) is 0 Å². The lowest BCUT2D eigenvalue weighted by Gasteiger charge is -2.26. The second kappa shape index (κ2) is 8.30. The quantitative estimate of drug-likeness (QED) is 0.656. The maximum absolute atomic E-state index is 12.9. The van der Waals surface area contributed by atoms with E-state index in [1.54, 1.807) is 11.3 Å². The number of halogens is 1. The Kier molecular flexibility index (Phi) is 5.63. The van der Waals surface area contributed by atoms with Crippen LogP contribution in [-0.4, -0.2) is 55.2 Å². The minimum atomic E-state index is -0.331. The zero-order chi connectivity index (χ0) is 18.6. The summed E-state index contributed by atoms with van der Waals surface area (Å²) in [6.45, 7) is 5.34. The molecule has 0 saturated carbocycles. The Morgan fingerprint density at radius 2 is 2.00 bits per heavy atom. The molecule has 0 bridgehead atoms. The van der Waals surface area contributed by atoms with Crippen molar-refractivity contribution in [1.29, 1.82) is 0 Å². The monoisotopic (exact) mass is 406 g/mol. The van der Waals surface area contributed by atoms with Gasteiger partial charge >= 0.3 is 0 Å². The van der Waals surface area contributed by atoms with Crippen LogP contribution in [0.1, 0.15) is 9.67 Å². The summed E-state index contributed by atoms with van der Waals surface area (Å²) in [5.74, 6) is -0.541. The molecule has 1 aromatic carbocycles. The number of aromatic nitrogens is 1. The predicted molar refractivity (Wildman–Crippen MR) is 108 cm³/mol. The number of ether oxygens (including phenoxy) is 1. The van der Waals surface area contributed by atoms with E-state index < -0.39 is 0 Å². The van der Waals surface area contributed by atoms with Crippen molar-refractivity contribution >= 4 is 48.9 Å². The molecule has 6 nitrogen and oxygen atoms in total. The van der Waals surface area contributed by atoms with Crippen LogP contribution in [0, 0.1) is 5.82 Å². The number of thiophene rings is 1. The first-order valence-electron chi connectivity index (χ1n) is 8.69. The highest BCUT2D eigenvalue weighted by molar-refractivity contribution is 7.29. The lowest BCUT2D eigenvalue weighted by molar-refractivity contribution is 0.0398. The molecular weight excluding hydrogens is 387 g/mol. The summed E-state index contributed by atoms with van der Waals surface area (Å²) in [6.07, 6.45) is 0. The van der Waals surface area contributed by atoms with Gasteiger partial charge in [0.05, 0.1) is 22.8 Å². The maximum Gasteiger partial charge on any atom is 0.265 e. The molecule has 3 heterocycles. The molecule has 9 heteroatoms. The van der Waals surface area contributed by atoms with Gasteiger partial charge in [-0.25, -0.2) is 9.37 Å². The Hall–Kier alpha value is -2.07. The van der Waals surface area contributed by atoms with E-state index in [2.05, 4.69) is 20.5 Å². The standard InChI is InChI=1S/C18H19FN4O2S2/c19-12-1-3-13(4-2-12)21-16(24)14-11-15-17(26-14)22-18(27-15)20-5-6-23-7-9-25-10-8-23/h1-4,11H,5-10H2,(H,20,22)(H,21,24). The van der Waals surface area contributed by atoms with Gasteiger partial charge in [-0.15, -0.1) is 11.3 Å². The molecule has 142 valence electrons. The normalized spacial score (nSPS) is 15.1. The fourth-order valence-electron chi connectivity index (χ4n) is 2.79. The van der Waals surface area contributed by atoms with Gasteiger partial charge in [-0.2, -0.15) is 0 Å². The Morgan fingerprint density at radius 3 is 2.74 bits per heavy atom. The Balaban J connectivity index is 1.33. The fourth-order valence-corrected chi connectivity index (χ4v) is 4.83. The highest BCUT2D eigenvalue weighted by Gasteiger charge is 2.15. The minimum Gasteiger partial charge on any atom is -0.379 e. The molecular formula is C18H19FN4O2S2. The third kappa shape index (κ3) is 4.62. The average molecular weight is 407 g/mol. The van der Waals surface area contributed by atoms with Gasteiger partial charge in [0, 0.05) is 31.9 Å². The zero-order valence-electron chi connectivity index (χ0n) is 14.5. The van der Waals surface area contributed by atoms with Crippen LogP contribution in [0.3, 0.4) is 0 Å². The third-order valence-corrected chi connectivity index (χ3v) is 6.34. The van der Waals surface area contributed by atoms with Crippen LogP contribution in [-0.2, 0) is 4.74 Å². The Labute approximate surface area is 164 Å². The van der Waals surface area contributed by atoms with Crippen LogP contribution >= 0.6 is 22.7 Å². The molecule has 3 aromatic rings. The van der Waals surface area contributed by atoms with Gasteiger partial charge in [-0.3, -0.25) is 9.69 Å². The zero-order valence-corrected chi connectivity index (χ0v) is 16.2. The number of hydrogen-bond donors (Lipinski definition) is 2. The SMILES string of the molecule is O=C(Nc1ccc(F)cc1)c1cc2sc(NCCN3CCOCC3)nc2s1. The molecule has 0 radical (unpaired) electrons. The van der Waals surface area contributed by atoms with E-state index in [-0.39, 0.29) is 11.7 Å². The van der Waals surface area contributed by atoms with Crippen molar-refractivity contribution in [3.05, 3.63) is 41.0 Å². The topological polar surface area (TPSA) is 66.5 Å². The van der Waals surface area contributed by atoms with Crippen molar-refractivity contribution in [3.8, 4) is 0 Å². The minimum absolute atomic E-state index is 0.210. The third-order valence-electron chi connectivity index (χ3n) is 4.22. The summed E-state index contributed by atoms with van der Waals surface area (Å²) in [5, 5.41) is 7.00. The Bertz CT molecular complexity index is 888. The molecule has 27 heavy (non-hydrogen) atoms. The van der Waals surface area contributed by atoms with E-state index in [0.717, 1.165) is 54.1 Å². The summed E-state index contributed by atoms with van der Waals surface area (Å²) < 4.78 is 19.3. The second-order valence-corrected chi connectivity index (χ2v) is 8.20. The number of morpholine rings is 1. The molecule has 1 aliphatic heterocycles. The van der Waals surface area contributed by atoms with E-state index in [4.69, 9.17) is 4.74 Å². The summed E-state index contributed by atoms with van der Waals surface area (Å²) in [6, 6.07) is 7.57. The summed E-state index contributed by atoms with van der Waals surface area (Å²) >= 11 is 2.90. The van der Waals surface area contributed by atoms with Gasteiger partial charge in [-0.1, -0.05) is 11.3 Å². The number of nitrogens with one attached hydrogen (secondary N) is 2. The van der Waals surface area contributed by atoms with Gasteiger partial charge < -0.3 is 15.4 Å². The lowest BCUT2D eigenvalue weighted by Crippen LogP contribution is -2.38. The van der Waals surface area contributed by atoms with Crippen LogP contribution in [0.25, 0.3) is 9.53 Å². The Morgan fingerprint density at radius 1 is 1.22 bits per heavy atom. The number of benzene rings is 1. The average Bonchev–Trinajstić information content (AvgIpc) is 3.23. The van der Waals surface area contributed by atoms with Crippen molar-refractivity contribution in [3.63, 3.8) is 0 Å². The van der Waals surface area contributed by atoms with Gasteiger partial charge in [0.15, 0.2) is 5.13 Å². The van der Waals surface area contributed by atoms with E-state index >= 15 is 0 Å². The number of fused-ring (bicyclic) bond motifs is 1. The molecule has 0 spiro atoms. The number of rotatable bonds is 6. The van der Waals surface area contributed by atoms with E-state index in [1.807, 2.05) is 6.07 Å². The number of nitrogens with zero attached hydrogens (tertiary/aromatic N) is 2. The number of anilines is 2. The molecule has 2 N–H and O–H groups in total. The number of amides is 1. The van der Waals surface area contributed by atoms with Crippen molar-refractivity contribution < 1.29 is 13.9 Å². The molecule has 0 unspecified atom stereocenters. The molecule has 1 saturated heterocycles. The smallest absolute Gasteiger partial charge is 0.265 e. The number of hydrogen-bond acceptors (Lipinski definition) is 7. The van der Waals surface area contributed by atoms with Gasteiger partial charge in [-0.05, 0) is 30.3 Å². The van der Waals surface area contributed by atoms with Crippen LogP contribution in [0.2, 0.25) is 0 Å². The first-order chi connectivity index (χ1) is 13.2. The molecule has 4 rings (SSSR count). The number of carbonyl (C=O) groups excluding carboxylic acids is 1. The van der Waals surface area contributed by atoms with Crippen LogP contribution < -0.4 is 10.6 Å². The highest BCUT2D eigenvalue weighted by atomic mass is 32.1. The van der Waals surface area contributed by atoms with Gasteiger partial charge in [0.25, 0.3) is 5.91 Å². The predicted octanol–water partition coefficient (Wildman–Crippen LogP) is 3.49. The fraction of sp³-hybridized carbons (Fsp3) is 0.333. The second-order valence-electron chi connectivity index (χ2n) is 6.14. The maximum atomic E-state index is 12.9. The van der Waals surface area contributed by atoms with Crippen molar-refractivity contribution in [2.75, 3.05) is 50.0 Å². The van der Waals surface area contributed by atoms with E-state index in [0.29, 0.717) is 10.6 Å². The molecule has 1 amide bonds. The lowest BCUT2D eigenvalue weighted by atomic mass is 10.3. The van der Waals surface area contributed by atoms with E-state index in [9.17, 15) is 9.18 Å². The molecule has 1 fully saturated rings. The molecule has 0 atom stereocenters.